The molecule has 2 heterocycles. The summed E-state index contributed by atoms with van der Waals surface area (Å²) in [6.07, 6.45) is 4.97. The fourth-order valence-electron chi connectivity index (χ4n) is 7.32. The first kappa shape index (κ1) is 53.9. The van der Waals surface area contributed by atoms with Crippen molar-refractivity contribution in [1.82, 2.24) is 37.2 Å². The van der Waals surface area contributed by atoms with E-state index in [1.54, 1.807) is 30.3 Å². The molecule has 2 aliphatic heterocycles. The Morgan fingerprint density at radius 3 is 1.96 bits per heavy atom. The molecule has 2 aromatic rings. The third-order valence-electron chi connectivity index (χ3n) is 10.9. The van der Waals surface area contributed by atoms with Crippen LogP contribution in [0.25, 0.3) is 5.53 Å². The van der Waals surface area contributed by atoms with Crippen LogP contribution in [0.15, 0.2) is 60.7 Å². The summed E-state index contributed by atoms with van der Waals surface area (Å²) >= 11 is 1.88. The molecule has 0 radical (unpaired) electrons. The van der Waals surface area contributed by atoms with Crippen molar-refractivity contribution >= 4 is 59.3 Å². The number of nitrogens with two attached hydrogens (primary N) is 1. The second-order valence-corrected chi connectivity index (χ2v) is 17.5. The van der Waals surface area contributed by atoms with Crippen LogP contribution in [0.2, 0.25) is 0 Å². The highest BCUT2D eigenvalue weighted by Crippen LogP contribution is 2.33. The highest BCUT2D eigenvalue weighted by molar-refractivity contribution is 8.00. The number of amides is 7. The van der Waals surface area contributed by atoms with Crippen molar-refractivity contribution in [3.05, 3.63) is 77.3 Å². The van der Waals surface area contributed by atoms with Gasteiger partial charge in [0.25, 0.3) is 0 Å². The van der Waals surface area contributed by atoms with E-state index in [0.717, 1.165) is 36.1 Å². The van der Waals surface area contributed by atoms with E-state index in [0.29, 0.717) is 83.5 Å². The molecule has 0 aliphatic carbocycles. The van der Waals surface area contributed by atoms with Gasteiger partial charge in [0.1, 0.15) is 12.1 Å². The fraction of sp³-hybridized carbons (Fsp3) is 0.565. The van der Waals surface area contributed by atoms with Crippen molar-refractivity contribution in [3.63, 3.8) is 0 Å². The average Bonchev–Trinajstić information content (AvgIpc) is 3.88. The maximum Gasteiger partial charge on any atom is 0.323 e. The molecule has 20 nitrogen and oxygen atoms in total. The number of ether oxygens (including phenoxy) is 3. The van der Waals surface area contributed by atoms with Gasteiger partial charge in [0.05, 0.1) is 51.1 Å². The lowest BCUT2D eigenvalue weighted by molar-refractivity contribution is -0.133. The first-order valence-corrected chi connectivity index (χ1v) is 23.9. The molecule has 4 rings (SSSR count). The highest BCUT2D eigenvalue weighted by atomic mass is 32.2. The largest absolute Gasteiger partial charge is 0.379 e. The van der Waals surface area contributed by atoms with Crippen molar-refractivity contribution in [3.8, 4) is 0 Å². The fourth-order valence-corrected chi connectivity index (χ4v) is 8.86. The van der Waals surface area contributed by atoms with E-state index in [4.69, 9.17) is 25.5 Å². The number of carbonyl (C=O) groups excluding carboxylic acids is 7. The van der Waals surface area contributed by atoms with Crippen LogP contribution in [-0.2, 0) is 55.8 Å². The Bertz CT molecular complexity index is 1930. The standard InChI is InChI=1S/C46H66N10O10S/c47-35(27-32-11-3-1-4-12-32)43(60)53-36(18-17-34(57)29-52-48)45(62)54-37(28-33-13-5-2-6-14-33)44(61)51-30-41(59)50-20-10-22-65-24-26-66-25-23-64-21-9-19-49-40(58)16-8-7-15-39-42-38(31-67-39)55-46(63)56-42/h1-6,11-14,29,35-39,42H,7-10,15-28,30-31,47H2,(H,49,58)(H,50,59)(H,51,61)(H,53,60)(H,54,62)(H2,55,56,63)/t35-,36-,37-,38-,39-,42-/m0/s1. The third kappa shape index (κ3) is 21.6. The summed E-state index contributed by atoms with van der Waals surface area (Å²) in [5, 5.41) is 19.8. The Morgan fingerprint density at radius 2 is 1.31 bits per heavy atom. The topological polar surface area (TPSA) is 294 Å². The Labute approximate surface area is 395 Å². The molecule has 2 aromatic carbocycles. The second kappa shape index (κ2) is 31.3. The number of ketones is 1. The van der Waals surface area contributed by atoms with Gasteiger partial charge in [0.2, 0.25) is 35.3 Å². The minimum Gasteiger partial charge on any atom is -0.379 e. The van der Waals surface area contributed by atoms with E-state index < -0.39 is 47.5 Å². The maximum absolute atomic E-state index is 13.7. The SMILES string of the molecule is [N-]=[N+]=CC(=O)CC[C@H](NC(=O)[C@@H](N)Cc1ccccc1)C(=O)N[C@@H](Cc1ccccc1)C(=O)NCC(=O)NCCCOCCOCCOCCCNC(=O)CCCC[C@@H]1SC[C@@H]2NC(=O)N[C@@H]21. The molecule has 2 aliphatic rings. The zero-order valence-electron chi connectivity index (χ0n) is 37.9. The predicted molar refractivity (Wildman–Crippen MR) is 251 cm³/mol. The van der Waals surface area contributed by atoms with E-state index in [2.05, 4.69) is 42.0 Å². The number of benzene rings is 2. The quantitative estimate of drug-likeness (QED) is 0.0155. The molecule has 0 aromatic heterocycles. The summed E-state index contributed by atoms with van der Waals surface area (Å²) < 4.78 is 16.7. The number of thioether (sulfide) groups is 1. The summed E-state index contributed by atoms with van der Waals surface area (Å²) in [6, 6.07) is 14.9. The molecule has 9 N–H and O–H groups in total. The number of urea groups is 1. The molecule has 0 spiro atoms. The number of hydrogen-bond acceptors (Lipinski definition) is 12. The van der Waals surface area contributed by atoms with Gasteiger partial charge >= 0.3 is 12.2 Å². The number of nitrogens with one attached hydrogen (secondary N) is 7. The van der Waals surface area contributed by atoms with Gasteiger partial charge < -0.3 is 62.7 Å². The third-order valence-corrected chi connectivity index (χ3v) is 12.4. The number of fused-ring (bicyclic) bond motifs is 1. The number of unbranched alkanes of at least 4 members (excludes halogenated alkanes) is 1. The van der Waals surface area contributed by atoms with E-state index in [9.17, 15) is 33.6 Å². The van der Waals surface area contributed by atoms with E-state index in [-0.39, 0.29) is 56.3 Å². The average molecular weight is 951 g/mol. The van der Waals surface area contributed by atoms with Crippen LogP contribution >= 0.6 is 11.8 Å². The molecular formula is C46H66N10O10S. The molecule has 6 atom stereocenters. The van der Waals surface area contributed by atoms with Gasteiger partial charge in [0, 0.05) is 56.6 Å². The van der Waals surface area contributed by atoms with Gasteiger partial charge in [0.15, 0.2) is 0 Å². The van der Waals surface area contributed by atoms with Gasteiger partial charge in [-0.1, -0.05) is 67.1 Å². The molecule has 0 saturated carbocycles. The van der Waals surface area contributed by atoms with Crippen LogP contribution in [0.4, 0.5) is 4.79 Å². The van der Waals surface area contributed by atoms with Crippen LogP contribution in [0.3, 0.4) is 0 Å². The molecule has 67 heavy (non-hydrogen) atoms. The number of rotatable bonds is 34. The summed E-state index contributed by atoms with van der Waals surface area (Å²) in [6.45, 7) is 2.90. The van der Waals surface area contributed by atoms with Crippen LogP contribution in [-0.4, -0.2) is 153 Å². The lowest BCUT2D eigenvalue weighted by Crippen LogP contribution is -2.57. The van der Waals surface area contributed by atoms with E-state index >= 15 is 0 Å². The van der Waals surface area contributed by atoms with Crippen LogP contribution in [0, 0.1) is 0 Å². The lowest BCUT2D eigenvalue weighted by Gasteiger charge is -2.24. The Morgan fingerprint density at radius 1 is 0.716 bits per heavy atom. The molecule has 0 bridgehead atoms. The van der Waals surface area contributed by atoms with Gasteiger partial charge in [-0.15, -0.1) is 0 Å². The van der Waals surface area contributed by atoms with Crippen molar-refractivity contribution in [2.45, 2.75) is 99.7 Å². The van der Waals surface area contributed by atoms with Crippen molar-refractivity contribution in [2.75, 3.05) is 65.0 Å². The predicted octanol–water partition coefficient (Wildman–Crippen LogP) is 0.323. The minimum atomic E-state index is -1.27. The Kier molecular flexibility index (Phi) is 25.2. The van der Waals surface area contributed by atoms with Gasteiger partial charge in [-0.05, 0) is 49.7 Å². The van der Waals surface area contributed by atoms with Crippen LogP contribution in [0.5, 0.6) is 0 Å². The second-order valence-electron chi connectivity index (χ2n) is 16.2. The van der Waals surface area contributed by atoms with E-state index in [1.807, 2.05) is 42.1 Å². The van der Waals surface area contributed by atoms with Crippen LogP contribution in [0.1, 0.15) is 62.5 Å². The van der Waals surface area contributed by atoms with Gasteiger partial charge in [-0.3, -0.25) is 28.8 Å². The first-order valence-electron chi connectivity index (χ1n) is 22.9. The molecule has 21 heteroatoms. The maximum atomic E-state index is 13.7. The van der Waals surface area contributed by atoms with Crippen molar-refractivity contribution in [2.24, 2.45) is 5.73 Å². The summed E-state index contributed by atoms with van der Waals surface area (Å²) in [5.74, 6) is -2.10. The Hall–Kier alpha value is -5.70. The summed E-state index contributed by atoms with van der Waals surface area (Å²) in [5.41, 5.74) is 16.4. The minimum absolute atomic E-state index is 0.0356. The zero-order chi connectivity index (χ0) is 48.1. The lowest BCUT2D eigenvalue weighted by atomic mass is 10.0. The monoisotopic (exact) mass is 950 g/mol. The van der Waals surface area contributed by atoms with Gasteiger partial charge in [-0.2, -0.15) is 16.6 Å². The summed E-state index contributed by atoms with van der Waals surface area (Å²) in [7, 11) is 0. The van der Waals surface area contributed by atoms with Gasteiger partial charge in [-0.25, -0.2) is 4.79 Å². The van der Waals surface area contributed by atoms with Crippen molar-refractivity contribution < 1.29 is 52.6 Å². The highest BCUT2D eigenvalue weighted by Gasteiger charge is 2.42. The summed E-state index contributed by atoms with van der Waals surface area (Å²) in [4.78, 5) is 91.4. The number of nitrogens with zero attached hydrogens (tertiary/aromatic N) is 2. The van der Waals surface area contributed by atoms with Crippen LogP contribution < -0.4 is 43.0 Å². The number of hydrogen-bond donors (Lipinski definition) is 8. The van der Waals surface area contributed by atoms with E-state index in [1.165, 1.54) is 0 Å². The number of Topliss-reactive ketones (excluding diaryl/α,β-unsaturated/α-hetero) is 1. The molecule has 2 saturated heterocycles. The number of carbonyl (C=O) groups is 7. The smallest absolute Gasteiger partial charge is 0.323 e. The zero-order valence-corrected chi connectivity index (χ0v) is 38.7. The molecule has 7 amide bonds. The molecular weight excluding hydrogens is 885 g/mol. The molecule has 2 fully saturated rings. The molecule has 0 unspecified atom stereocenters. The van der Waals surface area contributed by atoms with Crippen molar-refractivity contribution in [1.29, 1.82) is 0 Å². The first-order chi connectivity index (χ1) is 32.5. The Balaban J connectivity index is 1.04. The normalized spacial score (nSPS) is 17.3. The molecule has 366 valence electrons.